The number of hydrogen-bond acceptors (Lipinski definition) is 2. The number of guanidine groups is 1. The van der Waals surface area contributed by atoms with Crippen LogP contribution in [0.3, 0.4) is 0 Å². The second-order valence-electron chi connectivity index (χ2n) is 6.02. The van der Waals surface area contributed by atoms with Gasteiger partial charge in [-0.1, -0.05) is 6.07 Å². The molecule has 0 amide bonds. The van der Waals surface area contributed by atoms with E-state index in [-0.39, 0.29) is 5.82 Å². The summed E-state index contributed by atoms with van der Waals surface area (Å²) in [6, 6.07) is 8.82. The summed E-state index contributed by atoms with van der Waals surface area (Å²) in [7, 11) is 1.74. The summed E-state index contributed by atoms with van der Waals surface area (Å²) in [5.41, 5.74) is 3.92. The van der Waals surface area contributed by atoms with Crippen molar-refractivity contribution in [1.29, 1.82) is 0 Å². The third kappa shape index (κ3) is 4.60. The van der Waals surface area contributed by atoms with Crippen molar-refractivity contribution >= 4 is 27.5 Å². The highest BCUT2D eigenvalue weighted by Crippen LogP contribution is 2.12. The standard InChI is InChI=1S/C19H21BrFN5/c1-13-9-16(21)5-3-14(13)7-8-23-19(22-2)24-10-17-12-26-11-15(20)4-6-18(26)25-17/h3-6,9,11-12H,7-8,10H2,1-2H3,(H2,22,23,24). The molecule has 136 valence electrons. The second kappa shape index (κ2) is 8.31. The molecule has 3 aromatic rings. The Bertz CT molecular complexity index is 935. The molecule has 0 saturated heterocycles. The minimum atomic E-state index is -0.198. The molecule has 2 N–H and O–H groups in total. The lowest BCUT2D eigenvalue weighted by molar-refractivity contribution is 0.625. The number of halogens is 2. The molecule has 2 heterocycles. The number of hydrogen-bond donors (Lipinski definition) is 2. The largest absolute Gasteiger partial charge is 0.356 e. The van der Waals surface area contributed by atoms with E-state index in [2.05, 4.69) is 36.5 Å². The van der Waals surface area contributed by atoms with E-state index in [1.54, 1.807) is 13.1 Å². The Balaban J connectivity index is 1.52. The van der Waals surface area contributed by atoms with Crippen LogP contribution in [0.1, 0.15) is 16.8 Å². The van der Waals surface area contributed by atoms with Crippen molar-refractivity contribution in [2.45, 2.75) is 19.9 Å². The molecule has 0 aliphatic heterocycles. The van der Waals surface area contributed by atoms with Gasteiger partial charge in [0.2, 0.25) is 0 Å². The Morgan fingerprint density at radius 2 is 2.08 bits per heavy atom. The average Bonchev–Trinajstić information content (AvgIpc) is 3.01. The first-order chi connectivity index (χ1) is 12.5. The van der Waals surface area contributed by atoms with Gasteiger partial charge in [0, 0.05) is 30.5 Å². The fourth-order valence-electron chi connectivity index (χ4n) is 2.75. The minimum Gasteiger partial charge on any atom is -0.356 e. The maximum Gasteiger partial charge on any atom is 0.191 e. The number of nitrogens with one attached hydrogen (secondary N) is 2. The van der Waals surface area contributed by atoms with Gasteiger partial charge in [0.25, 0.3) is 0 Å². The molecule has 0 spiro atoms. The number of rotatable bonds is 5. The molecule has 0 saturated carbocycles. The van der Waals surface area contributed by atoms with E-state index in [9.17, 15) is 4.39 Å². The summed E-state index contributed by atoms with van der Waals surface area (Å²) in [6.07, 6.45) is 4.77. The van der Waals surface area contributed by atoms with E-state index in [0.29, 0.717) is 19.0 Å². The van der Waals surface area contributed by atoms with Gasteiger partial charge in [-0.3, -0.25) is 4.99 Å². The summed E-state index contributed by atoms with van der Waals surface area (Å²) in [5, 5.41) is 6.54. The van der Waals surface area contributed by atoms with Gasteiger partial charge in [-0.05, 0) is 64.7 Å². The van der Waals surface area contributed by atoms with Crippen LogP contribution in [0.15, 0.2) is 52.2 Å². The second-order valence-corrected chi connectivity index (χ2v) is 6.93. The summed E-state index contributed by atoms with van der Waals surface area (Å²) in [5.74, 6) is 0.513. The van der Waals surface area contributed by atoms with E-state index in [1.165, 1.54) is 6.07 Å². The molecule has 26 heavy (non-hydrogen) atoms. The molecular formula is C19H21BrFN5. The number of aliphatic imine (C=N–C) groups is 1. The predicted octanol–water partition coefficient (Wildman–Crippen LogP) is 3.45. The fourth-order valence-corrected chi connectivity index (χ4v) is 3.11. The highest BCUT2D eigenvalue weighted by atomic mass is 79.9. The van der Waals surface area contributed by atoms with Gasteiger partial charge in [-0.2, -0.15) is 0 Å². The SMILES string of the molecule is CN=C(NCCc1ccc(F)cc1C)NCc1cn2cc(Br)ccc2n1. The smallest absolute Gasteiger partial charge is 0.191 e. The van der Waals surface area contributed by atoms with Crippen LogP contribution in [0.4, 0.5) is 4.39 Å². The molecule has 2 aromatic heterocycles. The van der Waals surface area contributed by atoms with E-state index >= 15 is 0 Å². The van der Waals surface area contributed by atoms with Gasteiger partial charge in [-0.25, -0.2) is 9.37 Å². The van der Waals surface area contributed by atoms with Crippen LogP contribution in [0.2, 0.25) is 0 Å². The van der Waals surface area contributed by atoms with Crippen molar-refractivity contribution in [2.24, 2.45) is 4.99 Å². The van der Waals surface area contributed by atoms with Crippen LogP contribution in [0.5, 0.6) is 0 Å². The van der Waals surface area contributed by atoms with Crippen molar-refractivity contribution < 1.29 is 4.39 Å². The zero-order valence-corrected chi connectivity index (χ0v) is 16.3. The van der Waals surface area contributed by atoms with Crippen LogP contribution in [-0.4, -0.2) is 28.9 Å². The Labute approximate surface area is 160 Å². The maximum absolute atomic E-state index is 13.2. The Kier molecular flexibility index (Phi) is 5.88. The first kappa shape index (κ1) is 18.4. The molecule has 0 atom stereocenters. The molecule has 5 nitrogen and oxygen atoms in total. The van der Waals surface area contributed by atoms with Gasteiger partial charge in [0.15, 0.2) is 5.96 Å². The van der Waals surface area contributed by atoms with Crippen LogP contribution < -0.4 is 10.6 Å². The van der Waals surface area contributed by atoms with Crippen molar-refractivity contribution in [3.63, 3.8) is 0 Å². The number of nitrogens with zero attached hydrogens (tertiary/aromatic N) is 3. The van der Waals surface area contributed by atoms with E-state index < -0.39 is 0 Å². The number of aryl methyl sites for hydroxylation is 1. The van der Waals surface area contributed by atoms with Gasteiger partial charge < -0.3 is 15.0 Å². The molecule has 3 rings (SSSR count). The Morgan fingerprint density at radius 3 is 2.85 bits per heavy atom. The highest BCUT2D eigenvalue weighted by Gasteiger charge is 2.05. The lowest BCUT2D eigenvalue weighted by Crippen LogP contribution is -2.38. The number of imidazole rings is 1. The Morgan fingerprint density at radius 1 is 1.23 bits per heavy atom. The molecule has 0 unspecified atom stereocenters. The first-order valence-electron chi connectivity index (χ1n) is 8.38. The highest BCUT2D eigenvalue weighted by molar-refractivity contribution is 9.10. The van der Waals surface area contributed by atoms with E-state index in [1.807, 2.05) is 41.9 Å². The van der Waals surface area contributed by atoms with Crippen molar-refractivity contribution in [3.8, 4) is 0 Å². The van der Waals surface area contributed by atoms with Crippen molar-refractivity contribution in [1.82, 2.24) is 20.0 Å². The molecule has 1 aromatic carbocycles. The zero-order chi connectivity index (χ0) is 18.5. The van der Waals surface area contributed by atoms with Gasteiger partial charge in [-0.15, -0.1) is 0 Å². The first-order valence-corrected chi connectivity index (χ1v) is 9.17. The fraction of sp³-hybridized carbons (Fsp3) is 0.263. The summed E-state index contributed by atoms with van der Waals surface area (Å²) in [4.78, 5) is 8.80. The number of benzene rings is 1. The summed E-state index contributed by atoms with van der Waals surface area (Å²) in [6.45, 7) is 3.21. The Hall–Kier alpha value is -2.41. The lowest BCUT2D eigenvalue weighted by atomic mass is 10.1. The normalized spacial score (nSPS) is 11.8. The van der Waals surface area contributed by atoms with Crippen LogP contribution in [0.25, 0.3) is 5.65 Å². The van der Waals surface area contributed by atoms with Gasteiger partial charge >= 0.3 is 0 Å². The zero-order valence-electron chi connectivity index (χ0n) is 14.8. The molecule has 0 fully saturated rings. The third-order valence-electron chi connectivity index (χ3n) is 4.12. The van der Waals surface area contributed by atoms with Crippen LogP contribution in [0, 0.1) is 12.7 Å². The number of fused-ring (bicyclic) bond motifs is 1. The minimum absolute atomic E-state index is 0.198. The molecule has 0 aliphatic carbocycles. The quantitative estimate of drug-likeness (QED) is 0.493. The van der Waals surface area contributed by atoms with E-state index in [4.69, 9.17) is 0 Å². The van der Waals surface area contributed by atoms with Crippen LogP contribution >= 0.6 is 15.9 Å². The third-order valence-corrected chi connectivity index (χ3v) is 4.59. The molecule has 0 radical (unpaired) electrons. The van der Waals surface area contributed by atoms with Crippen molar-refractivity contribution in [2.75, 3.05) is 13.6 Å². The average molecular weight is 418 g/mol. The molecule has 7 heteroatoms. The predicted molar refractivity (Wildman–Crippen MR) is 106 cm³/mol. The van der Waals surface area contributed by atoms with Gasteiger partial charge in [0.05, 0.1) is 12.2 Å². The molecule has 0 aliphatic rings. The summed E-state index contributed by atoms with van der Waals surface area (Å²) >= 11 is 3.46. The van der Waals surface area contributed by atoms with Gasteiger partial charge in [0.1, 0.15) is 11.5 Å². The number of aromatic nitrogens is 2. The molecule has 0 bridgehead atoms. The van der Waals surface area contributed by atoms with Crippen molar-refractivity contribution in [3.05, 3.63) is 69.8 Å². The summed E-state index contributed by atoms with van der Waals surface area (Å²) < 4.78 is 16.1. The number of pyridine rings is 1. The topological polar surface area (TPSA) is 53.7 Å². The lowest BCUT2D eigenvalue weighted by Gasteiger charge is -2.12. The molecular weight excluding hydrogens is 397 g/mol. The van der Waals surface area contributed by atoms with E-state index in [0.717, 1.165) is 33.4 Å². The monoisotopic (exact) mass is 417 g/mol. The van der Waals surface area contributed by atoms with Crippen LogP contribution in [-0.2, 0) is 13.0 Å². The maximum atomic E-state index is 13.2.